The lowest BCUT2D eigenvalue weighted by atomic mass is 10.2. The van der Waals surface area contributed by atoms with Crippen molar-refractivity contribution in [2.45, 2.75) is 39.7 Å². The van der Waals surface area contributed by atoms with Crippen LogP contribution in [-0.2, 0) is 0 Å². The van der Waals surface area contributed by atoms with Gasteiger partial charge < -0.3 is 10.6 Å². The van der Waals surface area contributed by atoms with Crippen molar-refractivity contribution in [2.75, 3.05) is 10.6 Å². The van der Waals surface area contributed by atoms with Gasteiger partial charge in [-0.25, -0.2) is 9.97 Å². The SMILES string of the molecule is Cc1ccc(NC(=O)c2ccc(NC(C)c3csc(C(C)C)n3)nc2)cc1. The van der Waals surface area contributed by atoms with Crippen LogP contribution in [0.4, 0.5) is 11.5 Å². The Morgan fingerprint density at radius 1 is 1.07 bits per heavy atom. The van der Waals surface area contributed by atoms with E-state index in [4.69, 9.17) is 0 Å². The van der Waals surface area contributed by atoms with Gasteiger partial charge in [0.25, 0.3) is 5.91 Å². The number of hydrogen-bond acceptors (Lipinski definition) is 5. The van der Waals surface area contributed by atoms with E-state index >= 15 is 0 Å². The maximum Gasteiger partial charge on any atom is 0.257 e. The van der Waals surface area contributed by atoms with E-state index in [9.17, 15) is 4.79 Å². The van der Waals surface area contributed by atoms with E-state index in [1.807, 2.05) is 37.3 Å². The normalized spacial score (nSPS) is 12.0. The first kappa shape index (κ1) is 19.0. The van der Waals surface area contributed by atoms with Gasteiger partial charge in [0.2, 0.25) is 0 Å². The molecule has 3 rings (SSSR count). The van der Waals surface area contributed by atoms with Gasteiger partial charge >= 0.3 is 0 Å². The molecule has 1 amide bonds. The largest absolute Gasteiger partial charge is 0.362 e. The third-order valence-electron chi connectivity index (χ3n) is 4.18. The number of amides is 1. The lowest BCUT2D eigenvalue weighted by Crippen LogP contribution is -2.13. The van der Waals surface area contributed by atoms with Crippen LogP contribution in [0.5, 0.6) is 0 Å². The molecule has 1 unspecified atom stereocenters. The van der Waals surface area contributed by atoms with Gasteiger partial charge in [0.15, 0.2) is 0 Å². The monoisotopic (exact) mass is 380 g/mol. The van der Waals surface area contributed by atoms with Crippen LogP contribution in [-0.4, -0.2) is 15.9 Å². The summed E-state index contributed by atoms with van der Waals surface area (Å²) < 4.78 is 0. The standard InChI is InChI=1S/C21H24N4OS/c1-13(2)21-25-18(12-27-21)15(4)23-19-10-7-16(11-22-19)20(26)24-17-8-5-14(3)6-9-17/h5-13,15H,1-4H3,(H,22,23)(H,24,26). The number of hydrogen-bond donors (Lipinski definition) is 2. The summed E-state index contributed by atoms with van der Waals surface area (Å²) in [5, 5.41) is 9.42. The lowest BCUT2D eigenvalue weighted by molar-refractivity contribution is 0.102. The lowest BCUT2D eigenvalue weighted by Gasteiger charge is -2.13. The molecule has 0 bridgehead atoms. The fourth-order valence-electron chi connectivity index (χ4n) is 2.51. The molecule has 5 nitrogen and oxygen atoms in total. The summed E-state index contributed by atoms with van der Waals surface area (Å²) in [5.41, 5.74) is 3.45. The zero-order chi connectivity index (χ0) is 19.4. The highest BCUT2D eigenvalue weighted by Crippen LogP contribution is 2.24. The number of benzene rings is 1. The van der Waals surface area contributed by atoms with Crippen molar-refractivity contribution < 1.29 is 4.79 Å². The van der Waals surface area contributed by atoms with Crippen LogP contribution < -0.4 is 10.6 Å². The average molecular weight is 381 g/mol. The van der Waals surface area contributed by atoms with Gasteiger partial charge in [-0.15, -0.1) is 11.3 Å². The zero-order valence-electron chi connectivity index (χ0n) is 16.0. The molecule has 2 heterocycles. The minimum absolute atomic E-state index is 0.0495. The van der Waals surface area contributed by atoms with Crippen LogP contribution in [0.15, 0.2) is 48.0 Å². The summed E-state index contributed by atoms with van der Waals surface area (Å²) in [6.45, 7) is 8.35. The first-order valence-corrected chi connectivity index (χ1v) is 9.86. The second-order valence-corrected chi connectivity index (χ2v) is 7.77. The molecule has 0 aliphatic heterocycles. The Kier molecular flexibility index (Phi) is 5.86. The van der Waals surface area contributed by atoms with Crippen LogP contribution in [0.3, 0.4) is 0 Å². The molecule has 0 fully saturated rings. The van der Waals surface area contributed by atoms with Gasteiger partial charge in [0, 0.05) is 23.2 Å². The summed E-state index contributed by atoms with van der Waals surface area (Å²) in [7, 11) is 0. The van der Waals surface area contributed by atoms with Crippen LogP contribution in [0, 0.1) is 6.92 Å². The summed E-state index contributed by atoms with van der Waals surface area (Å²) in [5.74, 6) is 0.973. The van der Waals surface area contributed by atoms with Gasteiger partial charge in [-0.3, -0.25) is 4.79 Å². The average Bonchev–Trinajstić information content (AvgIpc) is 3.15. The number of carbonyl (C=O) groups is 1. The minimum Gasteiger partial charge on any atom is -0.362 e. The van der Waals surface area contributed by atoms with Gasteiger partial charge in [-0.1, -0.05) is 31.5 Å². The number of aryl methyl sites for hydroxylation is 1. The minimum atomic E-state index is -0.174. The van der Waals surface area contributed by atoms with Crippen molar-refractivity contribution in [3.8, 4) is 0 Å². The van der Waals surface area contributed by atoms with E-state index in [-0.39, 0.29) is 11.9 Å². The Labute approximate surface area is 163 Å². The van der Waals surface area contributed by atoms with Crippen molar-refractivity contribution in [1.29, 1.82) is 0 Å². The van der Waals surface area contributed by atoms with E-state index in [1.165, 1.54) is 0 Å². The molecule has 0 saturated heterocycles. The van der Waals surface area contributed by atoms with Gasteiger partial charge in [0.05, 0.1) is 22.3 Å². The fourth-order valence-corrected chi connectivity index (χ4v) is 3.44. The molecule has 2 aromatic heterocycles. The van der Waals surface area contributed by atoms with Crippen molar-refractivity contribution in [3.63, 3.8) is 0 Å². The highest BCUT2D eigenvalue weighted by molar-refractivity contribution is 7.09. The molecule has 1 atom stereocenters. The maximum atomic E-state index is 12.3. The molecule has 1 aromatic carbocycles. The van der Waals surface area contributed by atoms with E-state index in [1.54, 1.807) is 23.6 Å². The maximum absolute atomic E-state index is 12.3. The Morgan fingerprint density at radius 2 is 1.81 bits per heavy atom. The molecule has 0 spiro atoms. The summed E-state index contributed by atoms with van der Waals surface area (Å²) >= 11 is 1.68. The third-order valence-corrected chi connectivity index (χ3v) is 5.34. The van der Waals surface area contributed by atoms with Crippen LogP contribution in [0.25, 0.3) is 0 Å². The number of anilines is 2. The summed E-state index contributed by atoms with van der Waals surface area (Å²) in [4.78, 5) is 21.4. The van der Waals surface area contributed by atoms with Crippen LogP contribution in [0.2, 0.25) is 0 Å². The molecule has 140 valence electrons. The number of rotatable bonds is 6. The molecular formula is C21H24N4OS. The highest BCUT2D eigenvalue weighted by atomic mass is 32.1. The molecule has 0 aliphatic carbocycles. The third kappa shape index (κ3) is 4.92. The molecule has 0 radical (unpaired) electrons. The quantitative estimate of drug-likeness (QED) is 0.601. The molecule has 27 heavy (non-hydrogen) atoms. The molecular weight excluding hydrogens is 356 g/mol. The van der Waals surface area contributed by atoms with Crippen LogP contribution >= 0.6 is 11.3 Å². The number of carbonyl (C=O) groups excluding carboxylic acids is 1. The first-order chi connectivity index (χ1) is 12.9. The Balaban J connectivity index is 1.62. The predicted octanol–water partition coefficient (Wildman–Crippen LogP) is 5.40. The van der Waals surface area contributed by atoms with E-state index in [0.29, 0.717) is 17.3 Å². The number of aromatic nitrogens is 2. The van der Waals surface area contributed by atoms with Crippen molar-refractivity contribution in [2.24, 2.45) is 0 Å². The molecule has 3 aromatic rings. The smallest absolute Gasteiger partial charge is 0.257 e. The van der Waals surface area contributed by atoms with Gasteiger partial charge in [-0.2, -0.15) is 0 Å². The topological polar surface area (TPSA) is 66.9 Å². The molecule has 2 N–H and O–H groups in total. The Hall–Kier alpha value is -2.73. The second kappa shape index (κ2) is 8.31. The first-order valence-electron chi connectivity index (χ1n) is 8.98. The highest BCUT2D eigenvalue weighted by Gasteiger charge is 2.13. The van der Waals surface area contributed by atoms with E-state index < -0.39 is 0 Å². The number of thiazole rings is 1. The summed E-state index contributed by atoms with van der Waals surface area (Å²) in [6.07, 6.45) is 1.58. The number of nitrogens with one attached hydrogen (secondary N) is 2. The predicted molar refractivity (Wildman–Crippen MR) is 112 cm³/mol. The van der Waals surface area contributed by atoms with Crippen molar-refractivity contribution in [3.05, 3.63) is 69.8 Å². The van der Waals surface area contributed by atoms with E-state index in [2.05, 4.69) is 46.8 Å². The molecule has 0 saturated carbocycles. The number of nitrogens with zero attached hydrogens (tertiary/aromatic N) is 2. The molecule has 0 aliphatic rings. The van der Waals surface area contributed by atoms with Crippen molar-refractivity contribution in [1.82, 2.24) is 9.97 Å². The van der Waals surface area contributed by atoms with E-state index in [0.717, 1.165) is 22.0 Å². The zero-order valence-corrected chi connectivity index (χ0v) is 16.8. The van der Waals surface area contributed by atoms with Crippen LogP contribution in [0.1, 0.15) is 59.4 Å². The fraction of sp³-hybridized carbons (Fsp3) is 0.286. The molecule has 6 heteroatoms. The van der Waals surface area contributed by atoms with Crippen molar-refractivity contribution >= 4 is 28.7 Å². The Morgan fingerprint density at radius 3 is 2.41 bits per heavy atom. The number of pyridine rings is 1. The second-order valence-electron chi connectivity index (χ2n) is 6.88. The summed E-state index contributed by atoms with van der Waals surface area (Å²) in [6, 6.07) is 11.3. The van der Waals surface area contributed by atoms with Gasteiger partial charge in [0.1, 0.15) is 5.82 Å². The van der Waals surface area contributed by atoms with Gasteiger partial charge in [-0.05, 0) is 38.1 Å². The Bertz CT molecular complexity index is 901.